The van der Waals surface area contributed by atoms with Gasteiger partial charge in [-0.3, -0.25) is 9.20 Å². The van der Waals surface area contributed by atoms with E-state index in [1.165, 1.54) is 21.5 Å². The number of benzene rings is 1. The van der Waals surface area contributed by atoms with Gasteiger partial charge >= 0.3 is 0 Å². The summed E-state index contributed by atoms with van der Waals surface area (Å²) in [6, 6.07) is 11.2. The first-order valence-corrected chi connectivity index (χ1v) is 12.7. The molecule has 0 bridgehead atoms. The second-order valence-electron chi connectivity index (χ2n) is 7.48. The van der Waals surface area contributed by atoms with E-state index in [1.807, 2.05) is 54.6 Å². The fourth-order valence-corrected chi connectivity index (χ4v) is 5.58. The van der Waals surface area contributed by atoms with Gasteiger partial charge < -0.3 is 4.90 Å². The summed E-state index contributed by atoms with van der Waals surface area (Å²) in [7, 11) is -3.53. The summed E-state index contributed by atoms with van der Waals surface area (Å²) >= 11 is 1.31. The van der Waals surface area contributed by atoms with Crippen molar-refractivity contribution in [2.45, 2.75) is 19.0 Å². The number of aromatic nitrogens is 4. The molecule has 0 unspecified atom stereocenters. The van der Waals surface area contributed by atoms with Crippen LogP contribution in [0, 0.1) is 13.8 Å². The van der Waals surface area contributed by atoms with Crippen molar-refractivity contribution in [1.29, 1.82) is 0 Å². The number of piperazine rings is 1. The number of hydrogen-bond acceptors (Lipinski definition) is 7. The van der Waals surface area contributed by atoms with E-state index in [0.717, 1.165) is 17.0 Å². The second kappa shape index (κ2) is 9.39. The van der Waals surface area contributed by atoms with Gasteiger partial charge in [-0.25, -0.2) is 13.4 Å². The van der Waals surface area contributed by atoms with Crippen molar-refractivity contribution in [2.24, 2.45) is 0 Å². The van der Waals surface area contributed by atoms with Crippen LogP contribution in [0.1, 0.15) is 17.0 Å². The number of fused-ring (bicyclic) bond motifs is 1. The zero-order valence-electron chi connectivity index (χ0n) is 17.9. The summed E-state index contributed by atoms with van der Waals surface area (Å²) < 4.78 is 28.4. The molecule has 0 atom stereocenters. The number of hydrogen-bond donors (Lipinski definition) is 0. The Hall–Kier alpha value is -2.76. The summed E-state index contributed by atoms with van der Waals surface area (Å²) in [6.45, 7) is 5.11. The zero-order chi connectivity index (χ0) is 22.7. The first kappa shape index (κ1) is 22.4. The van der Waals surface area contributed by atoms with Crippen LogP contribution in [-0.2, 0) is 14.8 Å². The van der Waals surface area contributed by atoms with Crippen LogP contribution in [0.3, 0.4) is 0 Å². The number of sulfonamides is 1. The van der Waals surface area contributed by atoms with Crippen molar-refractivity contribution < 1.29 is 13.2 Å². The Labute approximate surface area is 191 Å². The first-order valence-electron chi connectivity index (χ1n) is 10.2. The molecule has 168 valence electrons. The van der Waals surface area contributed by atoms with E-state index >= 15 is 0 Å². The van der Waals surface area contributed by atoms with Crippen LogP contribution >= 0.6 is 11.8 Å². The monoisotopic (exact) mass is 472 g/mol. The molecule has 0 N–H and O–H groups in total. The van der Waals surface area contributed by atoms with Crippen LogP contribution < -0.4 is 0 Å². The number of nitrogens with zero attached hydrogens (tertiary/aromatic N) is 6. The summed E-state index contributed by atoms with van der Waals surface area (Å²) in [5, 5.41) is 10.1. The molecule has 2 aromatic heterocycles. The molecule has 0 radical (unpaired) electrons. The SMILES string of the molecule is Cc1cc(C)n2c(SCC(=O)N3CCN(S(=O)(=O)/C=C/c4ccccc4)CC3)nnc2n1. The van der Waals surface area contributed by atoms with E-state index in [2.05, 4.69) is 15.2 Å². The van der Waals surface area contributed by atoms with Crippen LogP contribution in [0.5, 0.6) is 0 Å². The van der Waals surface area contributed by atoms with Crippen LogP contribution in [0.2, 0.25) is 0 Å². The minimum atomic E-state index is -3.53. The van der Waals surface area contributed by atoms with Gasteiger partial charge in [0, 0.05) is 43.0 Å². The van der Waals surface area contributed by atoms with Gasteiger partial charge in [-0.1, -0.05) is 42.1 Å². The summed E-state index contributed by atoms with van der Waals surface area (Å²) in [6.07, 6.45) is 1.59. The maximum atomic E-state index is 12.7. The average molecular weight is 473 g/mol. The summed E-state index contributed by atoms with van der Waals surface area (Å²) in [5.74, 6) is 0.663. The molecule has 32 heavy (non-hydrogen) atoms. The van der Waals surface area contributed by atoms with Gasteiger partial charge in [-0.05, 0) is 31.6 Å². The largest absolute Gasteiger partial charge is 0.339 e. The van der Waals surface area contributed by atoms with E-state index in [1.54, 1.807) is 11.0 Å². The fourth-order valence-electron chi connectivity index (χ4n) is 3.52. The molecule has 11 heteroatoms. The Kier molecular flexibility index (Phi) is 6.58. The molecule has 3 heterocycles. The highest BCUT2D eigenvalue weighted by Gasteiger charge is 2.27. The smallest absolute Gasteiger partial charge is 0.256 e. The van der Waals surface area contributed by atoms with Gasteiger partial charge in [0.05, 0.1) is 5.75 Å². The molecule has 1 fully saturated rings. The number of amides is 1. The predicted molar refractivity (Wildman–Crippen MR) is 124 cm³/mol. The predicted octanol–water partition coefficient (Wildman–Crippen LogP) is 1.98. The maximum Gasteiger partial charge on any atom is 0.256 e. The Morgan fingerprint density at radius 2 is 1.81 bits per heavy atom. The van der Waals surface area contributed by atoms with Crippen LogP contribution in [0.25, 0.3) is 11.9 Å². The van der Waals surface area contributed by atoms with Gasteiger partial charge in [-0.2, -0.15) is 4.31 Å². The topological polar surface area (TPSA) is 101 Å². The lowest BCUT2D eigenvalue weighted by Gasteiger charge is -2.33. The number of carbonyl (C=O) groups is 1. The molecule has 1 aliphatic rings. The van der Waals surface area contributed by atoms with Crippen molar-refractivity contribution in [3.8, 4) is 0 Å². The Balaban J connectivity index is 1.32. The van der Waals surface area contributed by atoms with E-state index in [-0.39, 0.29) is 24.7 Å². The van der Waals surface area contributed by atoms with E-state index in [4.69, 9.17) is 0 Å². The molecule has 0 spiro atoms. The maximum absolute atomic E-state index is 12.7. The average Bonchev–Trinajstić information content (AvgIpc) is 3.20. The molecule has 1 aliphatic heterocycles. The third-order valence-corrected chi connectivity index (χ3v) is 7.65. The molecule has 4 rings (SSSR count). The number of aryl methyl sites for hydroxylation is 2. The van der Waals surface area contributed by atoms with Crippen LogP contribution in [0.15, 0.2) is 47.0 Å². The van der Waals surface area contributed by atoms with Crippen LogP contribution in [-0.4, -0.2) is 75.0 Å². The molecule has 1 saturated heterocycles. The molecule has 3 aromatic rings. The highest BCUT2D eigenvalue weighted by molar-refractivity contribution is 7.99. The Morgan fingerprint density at radius 1 is 1.09 bits per heavy atom. The lowest BCUT2D eigenvalue weighted by atomic mass is 10.2. The normalized spacial score (nSPS) is 15.6. The third-order valence-electron chi connectivity index (χ3n) is 5.17. The molecule has 0 saturated carbocycles. The molecule has 0 aliphatic carbocycles. The number of carbonyl (C=O) groups excluding carboxylic acids is 1. The molecule has 1 amide bonds. The molecule has 9 nitrogen and oxygen atoms in total. The third kappa shape index (κ3) is 5.00. The summed E-state index contributed by atoms with van der Waals surface area (Å²) in [4.78, 5) is 18.7. The van der Waals surface area contributed by atoms with Gasteiger partial charge in [0.15, 0.2) is 5.16 Å². The number of thioether (sulfide) groups is 1. The summed E-state index contributed by atoms with van der Waals surface area (Å²) in [5.41, 5.74) is 2.64. The molecule has 1 aromatic carbocycles. The van der Waals surface area contributed by atoms with Crippen molar-refractivity contribution in [1.82, 2.24) is 28.8 Å². The standard InChI is InChI=1S/C21H24N6O3S2/c1-16-14-17(2)27-20(22-16)23-24-21(27)31-15-19(28)25-9-11-26(12-10-25)32(29,30)13-8-18-6-4-3-5-7-18/h3-8,13-14H,9-12,15H2,1-2H3/b13-8+. The minimum Gasteiger partial charge on any atom is -0.339 e. The Bertz CT molecular complexity index is 1250. The highest BCUT2D eigenvalue weighted by Crippen LogP contribution is 2.20. The van der Waals surface area contributed by atoms with E-state index in [9.17, 15) is 13.2 Å². The lowest BCUT2D eigenvalue weighted by Crippen LogP contribution is -2.50. The molecular formula is C21H24N6O3S2. The minimum absolute atomic E-state index is 0.0543. The van der Waals surface area contributed by atoms with Crippen molar-refractivity contribution in [3.63, 3.8) is 0 Å². The van der Waals surface area contributed by atoms with Crippen molar-refractivity contribution >= 4 is 39.5 Å². The first-order chi connectivity index (χ1) is 15.3. The Morgan fingerprint density at radius 3 is 2.53 bits per heavy atom. The second-order valence-corrected chi connectivity index (χ2v) is 10.2. The van der Waals surface area contributed by atoms with E-state index < -0.39 is 10.0 Å². The lowest BCUT2D eigenvalue weighted by molar-refractivity contribution is -0.129. The van der Waals surface area contributed by atoms with E-state index in [0.29, 0.717) is 24.0 Å². The quantitative estimate of drug-likeness (QED) is 0.506. The van der Waals surface area contributed by atoms with Crippen molar-refractivity contribution in [2.75, 3.05) is 31.9 Å². The fraction of sp³-hybridized carbons (Fsp3) is 0.333. The van der Waals surface area contributed by atoms with Gasteiger partial charge in [0.2, 0.25) is 15.9 Å². The number of rotatable bonds is 6. The van der Waals surface area contributed by atoms with Gasteiger partial charge in [0.1, 0.15) is 0 Å². The zero-order valence-corrected chi connectivity index (χ0v) is 19.5. The molecular weight excluding hydrogens is 448 g/mol. The van der Waals surface area contributed by atoms with Crippen molar-refractivity contribution in [3.05, 3.63) is 58.8 Å². The highest BCUT2D eigenvalue weighted by atomic mass is 32.2. The van der Waals surface area contributed by atoms with Gasteiger partial charge in [0.25, 0.3) is 5.78 Å². The van der Waals surface area contributed by atoms with Crippen LogP contribution in [0.4, 0.5) is 0 Å². The van der Waals surface area contributed by atoms with Gasteiger partial charge in [-0.15, -0.1) is 10.2 Å².